The van der Waals surface area contributed by atoms with Gasteiger partial charge in [0, 0.05) is 48.7 Å². The van der Waals surface area contributed by atoms with Gasteiger partial charge in [0.25, 0.3) is 5.91 Å². The van der Waals surface area contributed by atoms with Crippen molar-refractivity contribution in [1.29, 1.82) is 0 Å². The van der Waals surface area contributed by atoms with Crippen molar-refractivity contribution in [3.8, 4) is 0 Å². The minimum absolute atomic E-state index is 0.117. The van der Waals surface area contributed by atoms with Crippen LogP contribution in [0.2, 0.25) is 0 Å². The van der Waals surface area contributed by atoms with Gasteiger partial charge in [-0.1, -0.05) is 24.3 Å². The van der Waals surface area contributed by atoms with E-state index < -0.39 is 0 Å². The smallest absolute Gasteiger partial charge is 0.255 e. The third kappa shape index (κ3) is 3.90. The average Bonchev–Trinajstić information content (AvgIpc) is 3.36. The van der Waals surface area contributed by atoms with Crippen LogP contribution in [0.25, 0.3) is 0 Å². The summed E-state index contributed by atoms with van der Waals surface area (Å²) in [5, 5.41) is 3.90. The molecule has 0 bridgehead atoms. The molecule has 2 aromatic carbocycles. The number of nitrogens with one attached hydrogen (secondary N) is 1. The van der Waals surface area contributed by atoms with Crippen LogP contribution in [-0.4, -0.2) is 28.5 Å². The Hall–Kier alpha value is -2.99. The lowest BCUT2D eigenvalue weighted by atomic mass is 10.1. The molecule has 6 heteroatoms. The van der Waals surface area contributed by atoms with Gasteiger partial charge in [-0.2, -0.15) is 0 Å². The molecule has 0 fully saturated rings. The second-order valence-corrected chi connectivity index (χ2v) is 7.31. The molecular formula is C21H20N4OS. The van der Waals surface area contributed by atoms with Crippen molar-refractivity contribution in [3.63, 3.8) is 0 Å². The molecule has 0 saturated carbocycles. The van der Waals surface area contributed by atoms with E-state index in [0.717, 1.165) is 34.5 Å². The molecule has 1 aliphatic heterocycles. The molecule has 0 radical (unpaired) electrons. The van der Waals surface area contributed by atoms with Gasteiger partial charge in [-0.25, -0.2) is 4.98 Å². The topological polar surface area (TPSA) is 50.2 Å². The lowest BCUT2D eigenvalue weighted by Gasteiger charge is -2.17. The molecule has 5 nitrogen and oxygen atoms in total. The largest absolute Gasteiger partial charge is 0.364 e. The van der Waals surface area contributed by atoms with Gasteiger partial charge in [-0.3, -0.25) is 4.79 Å². The third-order valence-corrected chi connectivity index (χ3v) is 5.58. The van der Waals surface area contributed by atoms with Crippen LogP contribution in [0.15, 0.2) is 83.1 Å². The fraction of sp³-hybridized carbons (Fsp3) is 0.143. The van der Waals surface area contributed by atoms with Gasteiger partial charge in [-0.15, -0.1) is 0 Å². The Morgan fingerprint density at radius 1 is 1.07 bits per heavy atom. The van der Waals surface area contributed by atoms with E-state index in [1.54, 1.807) is 6.20 Å². The molecule has 136 valence electrons. The van der Waals surface area contributed by atoms with E-state index in [1.807, 2.05) is 66.3 Å². The van der Waals surface area contributed by atoms with Crippen molar-refractivity contribution in [2.24, 2.45) is 7.05 Å². The van der Waals surface area contributed by atoms with Crippen LogP contribution in [0.3, 0.4) is 0 Å². The Bertz CT molecular complexity index is 970. The Kier molecular flexibility index (Phi) is 4.98. The van der Waals surface area contributed by atoms with E-state index in [4.69, 9.17) is 0 Å². The third-order valence-electron chi connectivity index (χ3n) is 4.43. The van der Waals surface area contributed by atoms with Crippen LogP contribution in [0.4, 0.5) is 11.4 Å². The van der Waals surface area contributed by atoms with Crippen LogP contribution in [0.5, 0.6) is 0 Å². The van der Waals surface area contributed by atoms with Crippen molar-refractivity contribution >= 4 is 29.0 Å². The summed E-state index contributed by atoms with van der Waals surface area (Å²) < 4.78 is 1.95. The number of aromatic nitrogens is 2. The van der Waals surface area contributed by atoms with Crippen LogP contribution in [0, 0.1) is 0 Å². The summed E-state index contributed by atoms with van der Waals surface area (Å²) in [7, 11) is 1.95. The number of para-hydroxylation sites is 1. The predicted octanol–water partition coefficient (Wildman–Crippen LogP) is 4.20. The summed E-state index contributed by atoms with van der Waals surface area (Å²) in [6, 6.07) is 15.5. The van der Waals surface area contributed by atoms with Crippen molar-refractivity contribution in [3.05, 3.63) is 78.6 Å². The van der Waals surface area contributed by atoms with Gasteiger partial charge in [0.1, 0.15) is 0 Å². The molecule has 27 heavy (non-hydrogen) atoms. The first-order chi connectivity index (χ1) is 13.2. The molecule has 0 spiro atoms. The molecule has 0 unspecified atom stereocenters. The highest BCUT2D eigenvalue weighted by Gasteiger charge is 2.13. The molecule has 0 saturated heterocycles. The fourth-order valence-corrected chi connectivity index (χ4v) is 3.81. The molecule has 0 aliphatic carbocycles. The Morgan fingerprint density at radius 3 is 2.52 bits per heavy atom. The fourth-order valence-electron chi connectivity index (χ4n) is 2.91. The number of nitrogens with zero attached hydrogens (tertiary/aromatic N) is 3. The standard InChI is InChI=1S/C21H20N4OS/c1-24-15-12-22-21(24)27-19-7-3-2-6-18(19)23-20(26)16-8-10-17(11-9-16)25-13-4-5-14-25/h2-12,15H,13-14H2,1H3,(H,23,26). The number of hydrogen-bond donors (Lipinski definition) is 1. The zero-order chi connectivity index (χ0) is 18.6. The van der Waals surface area contributed by atoms with Gasteiger partial charge in [0.2, 0.25) is 0 Å². The van der Waals surface area contributed by atoms with Gasteiger partial charge in [-0.05, 0) is 48.2 Å². The second kappa shape index (κ2) is 7.72. The van der Waals surface area contributed by atoms with Crippen LogP contribution in [-0.2, 0) is 7.05 Å². The monoisotopic (exact) mass is 376 g/mol. The molecule has 3 aromatic rings. The zero-order valence-corrected chi connectivity index (χ0v) is 15.8. The maximum Gasteiger partial charge on any atom is 0.255 e. The minimum Gasteiger partial charge on any atom is -0.364 e. The molecule has 1 aromatic heterocycles. The lowest BCUT2D eigenvalue weighted by Crippen LogP contribution is -2.18. The highest BCUT2D eigenvalue weighted by atomic mass is 32.2. The second-order valence-electron chi connectivity index (χ2n) is 6.30. The summed E-state index contributed by atoms with van der Waals surface area (Å²) in [4.78, 5) is 20.3. The van der Waals surface area contributed by atoms with Crippen LogP contribution in [0.1, 0.15) is 10.4 Å². The highest BCUT2D eigenvalue weighted by molar-refractivity contribution is 7.99. The van der Waals surface area contributed by atoms with Gasteiger partial charge in [0.05, 0.1) is 5.69 Å². The van der Waals surface area contributed by atoms with E-state index in [9.17, 15) is 4.79 Å². The Labute approximate surface area is 162 Å². The van der Waals surface area contributed by atoms with Crippen molar-refractivity contribution in [2.75, 3.05) is 23.3 Å². The van der Waals surface area contributed by atoms with E-state index in [1.165, 1.54) is 11.8 Å². The predicted molar refractivity (Wildman–Crippen MR) is 110 cm³/mol. The number of carbonyl (C=O) groups is 1. The summed E-state index contributed by atoms with van der Waals surface area (Å²) in [5.41, 5.74) is 2.55. The molecule has 4 rings (SSSR count). The number of imidazole rings is 1. The molecule has 1 N–H and O–H groups in total. The summed E-state index contributed by atoms with van der Waals surface area (Å²) >= 11 is 1.53. The number of benzene rings is 2. The van der Waals surface area contributed by atoms with Crippen molar-refractivity contribution in [1.82, 2.24) is 9.55 Å². The van der Waals surface area contributed by atoms with Crippen molar-refractivity contribution in [2.45, 2.75) is 10.1 Å². The summed E-state index contributed by atoms with van der Waals surface area (Å²) in [6.07, 6.45) is 7.97. The lowest BCUT2D eigenvalue weighted by molar-refractivity contribution is 0.102. The number of carbonyl (C=O) groups excluding carboxylic acids is 1. The van der Waals surface area contributed by atoms with Gasteiger partial charge < -0.3 is 14.8 Å². The Morgan fingerprint density at radius 2 is 1.81 bits per heavy atom. The summed E-state index contributed by atoms with van der Waals surface area (Å²) in [6.45, 7) is 1.84. The first-order valence-corrected chi connectivity index (χ1v) is 9.58. The quantitative estimate of drug-likeness (QED) is 0.678. The molecule has 2 heterocycles. The molecule has 0 atom stereocenters. The highest BCUT2D eigenvalue weighted by Crippen LogP contribution is 2.32. The van der Waals surface area contributed by atoms with Crippen molar-refractivity contribution < 1.29 is 4.79 Å². The number of rotatable bonds is 5. The van der Waals surface area contributed by atoms with Gasteiger partial charge >= 0.3 is 0 Å². The molecule has 1 aliphatic rings. The van der Waals surface area contributed by atoms with Crippen LogP contribution >= 0.6 is 11.8 Å². The number of hydrogen-bond acceptors (Lipinski definition) is 4. The normalized spacial score (nSPS) is 13.1. The van der Waals surface area contributed by atoms with E-state index in [0.29, 0.717) is 5.56 Å². The molecular weight excluding hydrogens is 356 g/mol. The van der Waals surface area contributed by atoms with E-state index in [2.05, 4.69) is 27.4 Å². The number of anilines is 2. The Balaban J connectivity index is 1.49. The van der Waals surface area contributed by atoms with Crippen LogP contribution < -0.4 is 10.2 Å². The first kappa shape index (κ1) is 17.4. The van der Waals surface area contributed by atoms with E-state index >= 15 is 0 Å². The number of aryl methyl sites for hydroxylation is 1. The summed E-state index contributed by atoms with van der Waals surface area (Å²) in [5.74, 6) is -0.117. The molecule has 1 amide bonds. The average molecular weight is 376 g/mol. The minimum atomic E-state index is -0.117. The maximum atomic E-state index is 12.7. The van der Waals surface area contributed by atoms with Gasteiger partial charge in [0.15, 0.2) is 5.16 Å². The zero-order valence-electron chi connectivity index (χ0n) is 15.0. The SMILES string of the molecule is Cn1ccnc1Sc1ccccc1NC(=O)c1ccc(N2CC=CC2)cc1. The first-order valence-electron chi connectivity index (χ1n) is 8.76. The number of amides is 1. The maximum absolute atomic E-state index is 12.7. The van der Waals surface area contributed by atoms with E-state index in [-0.39, 0.29) is 5.91 Å².